The molecule has 18 heavy (non-hydrogen) atoms. The van der Waals surface area contributed by atoms with Crippen LogP contribution in [0.2, 0.25) is 0 Å². The highest BCUT2D eigenvalue weighted by molar-refractivity contribution is 5.83. The molecule has 0 aromatic carbocycles. The molecular weight excluding hydrogens is 256 g/mol. The summed E-state index contributed by atoms with van der Waals surface area (Å²) in [5.74, 6) is -3.54. The molecule has 0 aliphatic carbocycles. The van der Waals surface area contributed by atoms with Gasteiger partial charge in [-0.1, -0.05) is 0 Å². The van der Waals surface area contributed by atoms with Crippen molar-refractivity contribution in [1.29, 1.82) is 0 Å². The lowest BCUT2D eigenvalue weighted by molar-refractivity contribution is -0.165. The van der Waals surface area contributed by atoms with Crippen LogP contribution < -0.4 is 0 Å². The van der Waals surface area contributed by atoms with Crippen molar-refractivity contribution in [2.45, 2.75) is 24.4 Å². The van der Waals surface area contributed by atoms with Gasteiger partial charge in [-0.25, -0.2) is 9.59 Å². The second-order valence-corrected chi connectivity index (χ2v) is 3.07. The van der Waals surface area contributed by atoms with Crippen LogP contribution in [0.15, 0.2) is 0 Å². The highest BCUT2D eigenvalue weighted by Gasteiger charge is 2.29. The Morgan fingerprint density at radius 1 is 0.722 bits per heavy atom. The number of carboxylic acid groups (broad SMARTS) is 2. The van der Waals surface area contributed by atoms with Crippen LogP contribution in [0.25, 0.3) is 0 Å². The van der Waals surface area contributed by atoms with E-state index in [0.29, 0.717) is 0 Å². The molecule has 0 radical (unpaired) electrons. The van der Waals surface area contributed by atoms with Crippen LogP contribution in [0.4, 0.5) is 0 Å². The first-order chi connectivity index (χ1) is 8.18. The van der Waals surface area contributed by atoms with Gasteiger partial charge in [-0.15, -0.1) is 0 Å². The smallest absolute Gasteiger partial charge is 0.335 e. The van der Waals surface area contributed by atoms with Crippen molar-refractivity contribution in [3.63, 3.8) is 0 Å². The van der Waals surface area contributed by atoms with E-state index in [1.807, 2.05) is 0 Å². The van der Waals surface area contributed by atoms with Crippen LogP contribution in [-0.2, 0) is 9.59 Å². The van der Waals surface area contributed by atoms with Gasteiger partial charge in [0.25, 0.3) is 0 Å². The topological polar surface area (TPSA) is 196 Å². The molecule has 0 fully saturated rings. The van der Waals surface area contributed by atoms with Gasteiger partial charge >= 0.3 is 11.9 Å². The molecular formula is C8H16O10. The first kappa shape index (κ1) is 19.0. The minimum absolute atomic E-state index is 0.526. The minimum Gasteiger partial charge on any atom is -0.479 e. The van der Waals surface area contributed by atoms with Gasteiger partial charge in [0.05, 0.1) is 13.2 Å². The Hall–Kier alpha value is -1.30. The summed E-state index contributed by atoms with van der Waals surface area (Å²) in [6.07, 6.45) is -6.98. The van der Waals surface area contributed by atoms with Crippen molar-refractivity contribution in [3.8, 4) is 0 Å². The fourth-order valence-corrected chi connectivity index (χ4v) is 0.513. The third-order valence-electron chi connectivity index (χ3n) is 1.62. The monoisotopic (exact) mass is 272 g/mol. The standard InChI is InChI=1S/C4H6O6.C4H10O4/c5-1(3(7)8)2(6)4(9)10;5-1-3(7)4(8)2-6/h1-2,5-6H,(H,7,8)(H,9,10);3-8H,1-2H2. The summed E-state index contributed by atoms with van der Waals surface area (Å²) < 4.78 is 0. The van der Waals surface area contributed by atoms with Gasteiger partial charge in [0.1, 0.15) is 12.2 Å². The Labute approximate surface area is 101 Å². The van der Waals surface area contributed by atoms with E-state index in [-0.39, 0.29) is 0 Å². The Bertz CT molecular complexity index is 228. The van der Waals surface area contributed by atoms with Gasteiger partial charge in [0, 0.05) is 0 Å². The Balaban J connectivity index is 0. The predicted octanol–water partition coefficient (Wildman–Crippen LogP) is -4.43. The van der Waals surface area contributed by atoms with E-state index >= 15 is 0 Å². The molecule has 0 heterocycles. The minimum atomic E-state index is -2.27. The largest absolute Gasteiger partial charge is 0.479 e. The predicted molar refractivity (Wildman–Crippen MR) is 53.5 cm³/mol. The van der Waals surface area contributed by atoms with Gasteiger partial charge in [-0.2, -0.15) is 0 Å². The molecule has 4 atom stereocenters. The molecule has 0 bridgehead atoms. The van der Waals surface area contributed by atoms with Crippen LogP contribution in [0, 0.1) is 0 Å². The summed E-state index contributed by atoms with van der Waals surface area (Å²) in [5, 5.41) is 65.7. The highest BCUT2D eigenvalue weighted by atomic mass is 16.4. The summed E-state index contributed by atoms with van der Waals surface area (Å²) in [6, 6.07) is 0. The Kier molecular flexibility index (Phi) is 10.3. The quantitative estimate of drug-likeness (QED) is 0.233. The fraction of sp³-hybridized carbons (Fsp3) is 0.750. The van der Waals surface area contributed by atoms with E-state index in [1.54, 1.807) is 0 Å². The van der Waals surface area contributed by atoms with Crippen LogP contribution in [0.5, 0.6) is 0 Å². The van der Waals surface area contributed by atoms with E-state index in [9.17, 15) is 9.59 Å². The van der Waals surface area contributed by atoms with Gasteiger partial charge in [-0.3, -0.25) is 0 Å². The molecule has 0 aromatic rings. The number of carboxylic acids is 2. The fourth-order valence-electron chi connectivity index (χ4n) is 0.513. The lowest BCUT2D eigenvalue weighted by Crippen LogP contribution is -2.39. The van der Waals surface area contributed by atoms with Gasteiger partial charge in [-0.05, 0) is 0 Å². The second kappa shape index (κ2) is 9.70. The molecule has 0 rings (SSSR count). The average molecular weight is 272 g/mol. The molecule has 0 spiro atoms. The molecule has 8 N–H and O–H groups in total. The zero-order valence-corrected chi connectivity index (χ0v) is 9.12. The normalized spacial score (nSPS) is 16.8. The summed E-state index contributed by atoms with van der Waals surface area (Å²) >= 11 is 0. The first-order valence-electron chi connectivity index (χ1n) is 4.58. The molecule has 10 nitrogen and oxygen atoms in total. The van der Waals surface area contributed by atoms with E-state index in [4.69, 9.17) is 40.9 Å². The molecule has 0 saturated heterocycles. The zero-order valence-electron chi connectivity index (χ0n) is 9.12. The molecule has 0 aromatic heterocycles. The van der Waals surface area contributed by atoms with Gasteiger partial charge in [0.2, 0.25) is 0 Å². The van der Waals surface area contributed by atoms with E-state index in [0.717, 1.165) is 0 Å². The van der Waals surface area contributed by atoms with E-state index in [2.05, 4.69) is 0 Å². The van der Waals surface area contributed by atoms with Crippen molar-refractivity contribution in [1.82, 2.24) is 0 Å². The number of aliphatic hydroxyl groups is 6. The summed E-state index contributed by atoms with van der Waals surface area (Å²) in [4.78, 5) is 19.5. The van der Waals surface area contributed by atoms with Gasteiger partial charge < -0.3 is 40.9 Å². The maximum Gasteiger partial charge on any atom is 0.335 e. The van der Waals surface area contributed by atoms with Crippen molar-refractivity contribution in [2.75, 3.05) is 13.2 Å². The van der Waals surface area contributed by atoms with Crippen LogP contribution in [-0.4, -0.2) is 90.4 Å². The molecule has 0 saturated carbocycles. The van der Waals surface area contributed by atoms with Crippen molar-refractivity contribution in [2.24, 2.45) is 0 Å². The van der Waals surface area contributed by atoms with Crippen molar-refractivity contribution < 1.29 is 50.4 Å². The molecule has 10 heteroatoms. The molecule has 4 unspecified atom stereocenters. The number of carbonyl (C=O) groups is 2. The molecule has 0 aliphatic rings. The van der Waals surface area contributed by atoms with Crippen LogP contribution in [0.3, 0.4) is 0 Å². The number of rotatable bonds is 6. The Morgan fingerprint density at radius 2 is 0.944 bits per heavy atom. The number of hydrogen-bond acceptors (Lipinski definition) is 8. The molecule has 0 amide bonds. The number of hydrogen-bond donors (Lipinski definition) is 8. The molecule has 108 valence electrons. The SMILES string of the molecule is O=C(O)C(O)C(O)C(=O)O.OCC(O)C(O)CO. The van der Waals surface area contributed by atoms with Crippen LogP contribution in [0.1, 0.15) is 0 Å². The average Bonchev–Trinajstić information content (AvgIpc) is 2.35. The van der Waals surface area contributed by atoms with Crippen molar-refractivity contribution in [3.05, 3.63) is 0 Å². The summed E-state index contributed by atoms with van der Waals surface area (Å²) in [5.41, 5.74) is 0. The number of aliphatic carboxylic acids is 2. The lowest BCUT2D eigenvalue weighted by Gasteiger charge is -2.10. The maximum atomic E-state index is 9.77. The second-order valence-electron chi connectivity index (χ2n) is 3.07. The van der Waals surface area contributed by atoms with Gasteiger partial charge in [0.15, 0.2) is 12.2 Å². The summed E-state index contributed by atoms with van der Waals surface area (Å²) in [6.45, 7) is -1.05. The highest BCUT2D eigenvalue weighted by Crippen LogP contribution is 1.92. The third-order valence-corrected chi connectivity index (χ3v) is 1.62. The van der Waals surface area contributed by atoms with Crippen molar-refractivity contribution >= 4 is 11.9 Å². The number of aliphatic hydroxyl groups excluding tert-OH is 6. The van der Waals surface area contributed by atoms with E-state index in [1.165, 1.54) is 0 Å². The zero-order chi connectivity index (χ0) is 14.9. The maximum absolute atomic E-state index is 9.77. The van der Waals surface area contributed by atoms with E-state index < -0.39 is 49.6 Å². The Morgan fingerprint density at radius 3 is 1.06 bits per heavy atom. The first-order valence-corrected chi connectivity index (χ1v) is 4.58. The molecule has 0 aliphatic heterocycles. The summed E-state index contributed by atoms with van der Waals surface area (Å²) in [7, 11) is 0. The third kappa shape index (κ3) is 7.89. The van der Waals surface area contributed by atoms with Crippen LogP contribution >= 0.6 is 0 Å². The lowest BCUT2D eigenvalue weighted by atomic mass is 10.2.